The molecule has 0 fully saturated rings. The van der Waals surface area contributed by atoms with Crippen LogP contribution in [-0.2, 0) is 7.05 Å². The first-order chi connectivity index (χ1) is 10.6. The molecule has 0 spiro atoms. The van der Waals surface area contributed by atoms with Gasteiger partial charge in [0.2, 0.25) is 17.4 Å². The van der Waals surface area contributed by atoms with Crippen molar-refractivity contribution in [2.24, 2.45) is 7.05 Å². The van der Waals surface area contributed by atoms with Crippen LogP contribution in [0.25, 0.3) is 33.3 Å². The molecule has 22 heavy (non-hydrogen) atoms. The predicted octanol–water partition coefficient (Wildman–Crippen LogP) is 3.32. The molecule has 0 amide bonds. The molecule has 3 aromatic heterocycles. The lowest BCUT2D eigenvalue weighted by Gasteiger charge is -2.03. The number of rotatable bonds is 1. The van der Waals surface area contributed by atoms with Crippen molar-refractivity contribution in [2.75, 3.05) is 0 Å². The Morgan fingerprint density at radius 1 is 1.18 bits per heavy atom. The van der Waals surface area contributed by atoms with Crippen LogP contribution in [0.4, 0.5) is 4.39 Å². The van der Waals surface area contributed by atoms with Crippen LogP contribution in [0.2, 0.25) is 0 Å². The van der Waals surface area contributed by atoms with Gasteiger partial charge in [0.05, 0.1) is 18.0 Å². The van der Waals surface area contributed by atoms with Crippen LogP contribution in [0.3, 0.4) is 0 Å². The Balaban J connectivity index is 2.04. The number of hydrogen-bond acceptors (Lipinski definition) is 3. The van der Waals surface area contributed by atoms with E-state index in [1.807, 2.05) is 43.1 Å². The smallest absolute Gasteiger partial charge is 0.231 e. The molecule has 0 unspecified atom stereocenters. The highest BCUT2D eigenvalue weighted by molar-refractivity contribution is 6.05. The Hall–Kier alpha value is -2.82. The van der Waals surface area contributed by atoms with Gasteiger partial charge in [-0.3, -0.25) is 4.98 Å². The summed E-state index contributed by atoms with van der Waals surface area (Å²) < 4.78 is 21.0. The maximum atomic E-state index is 13.3. The summed E-state index contributed by atoms with van der Waals surface area (Å²) in [6, 6.07) is 7.05. The summed E-state index contributed by atoms with van der Waals surface area (Å²) in [5.41, 5.74) is 4.13. The van der Waals surface area contributed by atoms with Gasteiger partial charge in [0.15, 0.2) is 6.20 Å². The van der Waals surface area contributed by atoms with Crippen LogP contribution in [0, 0.1) is 12.9 Å². The van der Waals surface area contributed by atoms with Gasteiger partial charge in [0.25, 0.3) is 0 Å². The van der Waals surface area contributed by atoms with Crippen LogP contribution in [0.5, 0.6) is 0 Å². The maximum Gasteiger partial charge on any atom is 0.231 e. The van der Waals surface area contributed by atoms with Crippen molar-refractivity contribution in [2.45, 2.75) is 6.92 Å². The number of fused-ring (bicyclic) bond motifs is 3. The first kappa shape index (κ1) is 12.9. The number of halogens is 1. The molecule has 5 heteroatoms. The van der Waals surface area contributed by atoms with E-state index in [1.165, 1.54) is 6.07 Å². The highest BCUT2D eigenvalue weighted by atomic mass is 19.1. The van der Waals surface area contributed by atoms with Crippen LogP contribution in [0.1, 0.15) is 5.56 Å². The Morgan fingerprint density at radius 2 is 2.05 bits per heavy atom. The summed E-state index contributed by atoms with van der Waals surface area (Å²) in [5.74, 6) is -0.540. The van der Waals surface area contributed by atoms with Crippen LogP contribution in [0.15, 0.2) is 47.3 Å². The van der Waals surface area contributed by atoms with E-state index in [0.29, 0.717) is 11.3 Å². The van der Waals surface area contributed by atoms with E-state index >= 15 is 0 Å². The highest BCUT2D eigenvalue weighted by Crippen LogP contribution is 2.32. The molecular formula is C17H13FN3O+. The summed E-state index contributed by atoms with van der Waals surface area (Å²) in [6.07, 6.45) is 5.45. The molecule has 0 N–H and O–H groups in total. The number of benzene rings is 1. The standard InChI is InChI=1S/C17H13FN3O/c1-10-7-13-11-3-4-16(18)20-17(11)22-15(13)8-12(10)14-9-19-5-6-21(14)2/h3-9H,1-2H3/q+1. The summed E-state index contributed by atoms with van der Waals surface area (Å²) in [6.45, 7) is 2.04. The largest absolute Gasteiger partial charge is 0.438 e. The van der Waals surface area contributed by atoms with Gasteiger partial charge < -0.3 is 4.42 Å². The average molecular weight is 294 g/mol. The fraction of sp³-hybridized carbons (Fsp3) is 0.118. The number of aryl methyl sites for hydroxylation is 2. The third-order valence-electron chi connectivity index (χ3n) is 3.88. The van der Waals surface area contributed by atoms with Gasteiger partial charge in [-0.25, -0.2) is 0 Å². The summed E-state index contributed by atoms with van der Waals surface area (Å²) in [7, 11) is 1.97. The second-order valence-electron chi connectivity index (χ2n) is 5.32. The van der Waals surface area contributed by atoms with Crippen molar-refractivity contribution < 1.29 is 13.4 Å². The third kappa shape index (κ3) is 1.86. The Labute approximate surface area is 125 Å². The molecule has 0 aliphatic heterocycles. The number of hydrogen-bond donors (Lipinski definition) is 0. The number of pyridine rings is 1. The third-order valence-corrected chi connectivity index (χ3v) is 3.88. The first-order valence-corrected chi connectivity index (χ1v) is 6.93. The minimum absolute atomic E-state index is 0.321. The Morgan fingerprint density at radius 3 is 2.86 bits per heavy atom. The van der Waals surface area contributed by atoms with Crippen LogP contribution < -0.4 is 4.57 Å². The quantitative estimate of drug-likeness (QED) is 0.399. The van der Waals surface area contributed by atoms with E-state index < -0.39 is 5.95 Å². The molecule has 4 rings (SSSR count). The van der Waals surface area contributed by atoms with Gasteiger partial charge in [-0.05, 0) is 36.8 Å². The van der Waals surface area contributed by atoms with Crippen molar-refractivity contribution in [1.82, 2.24) is 9.97 Å². The molecular weight excluding hydrogens is 281 g/mol. The SMILES string of the molecule is Cc1cc2c(cc1-c1cncc[n+]1C)oc1nc(F)ccc12. The molecule has 0 saturated heterocycles. The van der Waals surface area contributed by atoms with Crippen LogP contribution >= 0.6 is 0 Å². The number of nitrogens with zero attached hydrogens (tertiary/aromatic N) is 3. The zero-order chi connectivity index (χ0) is 15.3. The van der Waals surface area contributed by atoms with Gasteiger partial charge in [0.1, 0.15) is 12.6 Å². The monoisotopic (exact) mass is 294 g/mol. The first-order valence-electron chi connectivity index (χ1n) is 6.93. The minimum atomic E-state index is -0.540. The molecule has 0 aliphatic carbocycles. The predicted molar refractivity (Wildman–Crippen MR) is 80.6 cm³/mol. The summed E-state index contributed by atoms with van der Waals surface area (Å²) in [5, 5.41) is 1.76. The molecule has 0 radical (unpaired) electrons. The van der Waals surface area contributed by atoms with Crippen molar-refractivity contribution in [1.29, 1.82) is 0 Å². The van der Waals surface area contributed by atoms with E-state index in [4.69, 9.17) is 4.42 Å². The molecule has 108 valence electrons. The van der Waals surface area contributed by atoms with Gasteiger partial charge in [-0.1, -0.05) is 0 Å². The zero-order valence-electron chi connectivity index (χ0n) is 12.2. The fourth-order valence-electron chi connectivity index (χ4n) is 2.75. The molecule has 0 bridgehead atoms. The summed E-state index contributed by atoms with van der Waals surface area (Å²) in [4.78, 5) is 8.00. The maximum absolute atomic E-state index is 13.3. The Bertz CT molecular complexity index is 1020. The molecule has 3 heterocycles. The molecule has 4 aromatic rings. The number of aromatic nitrogens is 3. The van der Waals surface area contributed by atoms with E-state index in [2.05, 4.69) is 9.97 Å². The van der Waals surface area contributed by atoms with Gasteiger partial charge in [0, 0.05) is 10.8 Å². The Kier molecular flexibility index (Phi) is 2.69. The van der Waals surface area contributed by atoms with Crippen molar-refractivity contribution in [3.05, 3.63) is 54.4 Å². The topological polar surface area (TPSA) is 42.8 Å². The van der Waals surface area contributed by atoms with Crippen molar-refractivity contribution in [3.8, 4) is 11.3 Å². The second-order valence-corrected chi connectivity index (χ2v) is 5.32. The second kappa shape index (κ2) is 4.59. The van der Waals surface area contributed by atoms with E-state index in [1.54, 1.807) is 12.3 Å². The molecule has 0 aliphatic rings. The molecule has 0 saturated carbocycles. The van der Waals surface area contributed by atoms with E-state index in [0.717, 1.165) is 27.6 Å². The minimum Gasteiger partial charge on any atom is -0.438 e. The van der Waals surface area contributed by atoms with Crippen molar-refractivity contribution in [3.63, 3.8) is 0 Å². The van der Waals surface area contributed by atoms with Gasteiger partial charge >= 0.3 is 0 Å². The lowest BCUT2D eigenvalue weighted by atomic mass is 10.0. The average Bonchev–Trinajstić information content (AvgIpc) is 2.83. The lowest BCUT2D eigenvalue weighted by Crippen LogP contribution is -2.30. The van der Waals surface area contributed by atoms with Gasteiger partial charge in [-0.15, -0.1) is 0 Å². The fourth-order valence-corrected chi connectivity index (χ4v) is 2.75. The van der Waals surface area contributed by atoms with Crippen LogP contribution in [-0.4, -0.2) is 9.97 Å². The molecule has 0 atom stereocenters. The highest BCUT2D eigenvalue weighted by Gasteiger charge is 2.17. The summed E-state index contributed by atoms with van der Waals surface area (Å²) >= 11 is 0. The normalized spacial score (nSPS) is 11.4. The lowest BCUT2D eigenvalue weighted by molar-refractivity contribution is -0.660. The van der Waals surface area contributed by atoms with Gasteiger partial charge in [-0.2, -0.15) is 13.9 Å². The molecule has 4 nitrogen and oxygen atoms in total. The van der Waals surface area contributed by atoms with Crippen molar-refractivity contribution >= 4 is 22.1 Å². The van der Waals surface area contributed by atoms with E-state index in [9.17, 15) is 4.39 Å². The number of furan rings is 1. The zero-order valence-corrected chi connectivity index (χ0v) is 12.2. The van der Waals surface area contributed by atoms with E-state index in [-0.39, 0.29) is 0 Å². The molecule has 1 aromatic carbocycles.